The van der Waals surface area contributed by atoms with Crippen LogP contribution in [0.15, 0.2) is 18.3 Å². The van der Waals surface area contributed by atoms with E-state index in [-0.39, 0.29) is 0 Å². The molecule has 0 radical (unpaired) electrons. The van der Waals surface area contributed by atoms with Crippen LogP contribution in [-0.2, 0) is 6.42 Å². The predicted molar refractivity (Wildman–Crippen MR) is 41.5 cm³/mol. The van der Waals surface area contributed by atoms with E-state index in [0.717, 1.165) is 17.7 Å². The van der Waals surface area contributed by atoms with Crippen molar-refractivity contribution in [2.24, 2.45) is 0 Å². The Kier molecular flexibility index (Phi) is 2.15. The zero-order chi connectivity index (χ0) is 7.40. The van der Waals surface area contributed by atoms with Crippen molar-refractivity contribution in [1.29, 1.82) is 5.41 Å². The molecule has 2 heteroatoms. The fourth-order valence-corrected chi connectivity index (χ4v) is 0.730. The van der Waals surface area contributed by atoms with Gasteiger partial charge in [0.05, 0.1) is 0 Å². The Morgan fingerprint density at radius 1 is 1.60 bits per heavy atom. The van der Waals surface area contributed by atoms with Crippen molar-refractivity contribution in [3.63, 3.8) is 0 Å². The Balaban J connectivity index is 2.90. The molecule has 0 amide bonds. The molecule has 1 aromatic rings. The first-order valence-electron chi connectivity index (χ1n) is 3.32. The van der Waals surface area contributed by atoms with Gasteiger partial charge in [-0.1, -0.05) is 13.0 Å². The van der Waals surface area contributed by atoms with E-state index < -0.39 is 0 Å². The zero-order valence-electron chi connectivity index (χ0n) is 5.96. The van der Waals surface area contributed by atoms with Gasteiger partial charge in [0.1, 0.15) is 0 Å². The number of pyridine rings is 1. The minimum Gasteiger partial charge on any atom is -0.308 e. The predicted octanol–water partition coefficient (Wildman–Crippen LogP) is 1.64. The van der Waals surface area contributed by atoms with Crippen LogP contribution in [0.1, 0.15) is 18.2 Å². The van der Waals surface area contributed by atoms with Crippen molar-refractivity contribution in [3.05, 3.63) is 29.6 Å². The standard InChI is InChI=1S/C8H10N2/c1-2-8-4-3-7(5-9)6-10-8/h3-6,9H,2H2,1H3. The van der Waals surface area contributed by atoms with Crippen LogP contribution in [0.5, 0.6) is 0 Å². The van der Waals surface area contributed by atoms with Gasteiger partial charge in [0, 0.05) is 23.7 Å². The first-order valence-corrected chi connectivity index (χ1v) is 3.32. The lowest BCUT2D eigenvalue weighted by Crippen LogP contribution is -1.87. The minimum absolute atomic E-state index is 0.859. The van der Waals surface area contributed by atoms with Crippen molar-refractivity contribution in [1.82, 2.24) is 4.98 Å². The molecule has 0 spiro atoms. The van der Waals surface area contributed by atoms with E-state index in [9.17, 15) is 0 Å². The maximum Gasteiger partial charge on any atom is 0.0401 e. The Bertz CT molecular complexity index is 213. The number of hydrogen-bond acceptors (Lipinski definition) is 2. The molecule has 0 aliphatic rings. The number of nitrogens with zero attached hydrogens (tertiary/aromatic N) is 1. The van der Waals surface area contributed by atoms with E-state index in [0.29, 0.717) is 0 Å². The van der Waals surface area contributed by atoms with E-state index in [2.05, 4.69) is 11.9 Å². The zero-order valence-corrected chi connectivity index (χ0v) is 5.96. The summed E-state index contributed by atoms with van der Waals surface area (Å²) in [5.74, 6) is 0. The van der Waals surface area contributed by atoms with E-state index in [4.69, 9.17) is 5.41 Å². The number of aromatic nitrogens is 1. The lowest BCUT2D eigenvalue weighted by molar-refractivity contribution is 1.03. The van der Waals surface area contributed by atoms with Crippen LogP contribution < -0.4 is 0 Å². The Labute approximate surface area is 60.4 Å². The van der Waals surface area contributed by atoms with Crippen LogP contribution in [0.3, 0.4) is 0 Å². The fourth-order valence-electron chi connectivity index (χ4n) is 0.730. The van der Waals surface area contributed by atoms with E-state index in [1.54, 1.807) is 6.20 Å². The van der Waals surface area contributed by atoms with Crippen LogP contribution in [0.4, 0.5) is 0 Å². The molecule has 0 aliphatic carbocycles. The maximum atomic E-state index is 6.91. The lowest BCUT2D eigenvalue weighted by Gasteiger charge is -1.93. The molecule has 2 nitrogen and oxygen atoms in total. The molecule has 1 N–H and O–H groups in total. The molecule has 1 rings (SSSR count). The Hall–Kier alpha value is -1.18. The quantitative estimate of drug-likeness (QED) is 0.613. The highest BCUT2D eigenvalue weighted by molar-refractivity contribution is 5.76. The molecule has 0 unspecified atom stereocenters. The van der Waals surface area contributed by atoms with Gasteiger partial charge in [-0.3, -0.25) is 4.98 Å². The number of rotatable bonds is 2. The average Bonchev–Trinajstić information content (AvgIpc) is 2.05. The SMILES string of the molecule is CCc1ccc(C=N)cn1. The second-order valence-electron chi connectivity index (χ2n) is 2.08. The van der Waals surface area contributed by atoms with Gasteiger partial charge in [-0.2, -0.15) is 0 Å². The third-order valence-corrected chi connectivity index (χ3v) is 1.38. The largest absolute Gasteiger partial charge is 0.308 e. The van der Waals surface area contributed by atoms with Gasteiger partial charge in [-0.15, -0.1) is 0 Å². The molecule has 0 aromatic carbocycles. The second kappa shape index (κ2) is 3.11. The van der Waals surface area contributed by atoms with Gasteiger partial charge in [0.15, 0.2) is 0 Å². The van der Waals surface area contributed by atoms with Crippen molar-refractivity contribution in [3.8, 4) is 0 Å². The van der Waals surface area contributed by atoms with Crippen LogP contribution in [0.25, 0.3) is 0 Å². The molecule has 0 saturated carbocycles. The molecule has 0 aliphatic heterocycles. The van der Waals surface area contributed by atoms with Gasteiger partial charge in [0.25, 0.3) is 0 Å². The molecule has 0 atom stereocenters. The van der Waals surface area contributed by atoms with Crippen molar-refractivity contribution < 1.29 is 0 Å². The van der Waals surface area contributed by atoms with E-state index >= 15 is 0 Å². The molecule has 0 bridgehead atoms. The van der Waals surface area contributed by atoms with Gasteiger partial charge >= 0.3 is 0 Å². The normalized spacial score (nSPS) is 9.30. The summed E-state index contributed by atoms with van der Waals surface area (Å²) in [6, 6.07) is 3.85. The summed E-state index contributed by atoms with van der Waals surface area (Å²) >= 11 is 0. The topological polar surface area (TPSA) is 36.7 Å². The highest BCUT2D eigenvalue weighted by Crippen LogP contribution is 1.97. The van der Waals surface area contributed by atoms with Crippen LogP contribution in [-0.4, -0.2) is 11.2 Å². The fraction of sp³-hybridized carbons (Fsp3) is 0.250. The summed E-state index contributed by atoms with van der Waals surface area (Å²) in [6.45, 7) is 2.06. The first-order chi connectivity index (χ1) is 4.86. The molecule has 1 heterocycles. The van der Waals surface area contributed by atoms with Crippen LogP contribution >= 0.6 is 0 Å². The highest BCUT2D eigenvalue weighted by Gasteiger charge is 1.88. The van der Waals surface area contributed by atoms with Crippen molar-refractivity contribution in [2.75, 3.05) is 0 Å². The molecule has 0 fully saturated rings. The summed E-state index contributed by atoms with van der Waals surface area (Å²) in [5.41, 5.74) is 1.93. The summed E-state index contributed by atoms with van der Waals surface area (Å²) in [4.78, 5) is 4.12. The van der Waals surface area contributed by atoms with Crippen LogP contribution in [0.2, 0.25) is 0 Å². The van der Waals surface area contributed by atoms with Gasteiger partial charge in [-0.25, -0.2) is 0 Å². The second-order valence-corrected chi connectivity index (χ2v) is 2.08. The van der Waals surface area contributed by atoms with E-state index in [1.807, 2.05) is 12.1 Å². The van der Waals surface area contributed by atoms with Gasteiger partial charge in [0.2, 0.25) is 0 Å². The van der Waals surface area contributed by atoms with Gasteiger partial charge < -0.3 is 5.41 Å². The minimum atomic E-state index is 0.859. The summed E-state index contributed by atoms with van der Waals surface area (Å²) in [6.07, 6.45) is 3.97. The summed E-state index contributed by atoms with van der Waals surface area (Å²) < 4.78 is 0. The maximum absolute atomic E-state index is 6.91. The van der Waals surface area contributed by atoms with Crippen LogP contribution in [0, 0.1) is 5.41 Å². The molecule has 52 valence electrons. The monoisotopic (exact) mass is 134 g/mol. The highest BCUT2D eigenvalue weighted by atomic mass is 14.7. The summed E-state index contributed by atoms with van der Waals surface area (Å²) in [5, 5.41) is 6.91. The molecule has 1 aromatic heterocycles. The van der Waals surface area contributed by atoms with Crippen molar-refractivity contribution in [2.45, 2.75) is 13.3 Å². The van der Waals surface area contributed by atoms with Crippen molar-refractivity contribution >= 4 is 6.21 Å². The molecular weight excluding hydrogens is 124 g/mol. The summed E-state index contributed by atoms with van der Waals surface area (Å²) in [7, 11) is 0. The number of hydrogen-bond donors (Lipinski definition) is 1. The van der Waals surface area contributed by atoms with E-state index in [1.165, 1.54) is 6.21 Å². The molecular formula is C8H10N2. The Morgan fingerprint density at radius 2 is 2.40 bits per heavy atom. The lowest BCUT2D eigenvalue weighted by atomic mass is 10.2. The number of nitrogens with one attached hydrogen (secondary N) is 1. The molecule has 10 heavy (non-hydrogen) atoms. The third kappa shape index (κ3) is 1.41. The molecule has 0 saturated heterocycles. The third-order valence-electron chi connectivity index (χ3n) is 1.38. The average molecular weight is 134 g/mol. The Morgan fingerprint density at radius 3 is 2.80 bits per heavy atom. The smallest absolute Gasteiger partial charge is 0.0401 e. The van der Waals surface area contributed by atoms with Gasteiger partial charge in [-0.05, 0) is 12.5 Å². The first kappa shape index (κ1) is 6.93. The number of aryl methyl sites for hydroxylation is 1.